The smallest absolute Gasteiger partial charge is 0.319 e. The van der Waals surface area contributed by atoms with E-state index in [1.807, 2.05) is 6.07 Å². The monoisotopic (exact) mass is 419 g/mol. The molecule has 1 aliphatic heterocycles. The fourth-order valence-corrected chi connectivity index (χ4v) is 4.00. The lowest BCUT2D eigenvalue weighted by Crippen LogP contribution is -2.44. The van der Waals surface area contributed by atoms with Gasteiger partial charge in [-0.1, -0.05) is 23.2 Å². The Morgan fingerprint density at radius 3 is 2.44 bits per heavy atom. The van der Waals surface area contributed by atoms with Crippen molar-refractivity contribution in [3.05, 3.63) is 51.8 Å². The molecule has 0 N–H and O–H groups in total. The molecule has 2 heterocycles. The van der Waals surface area contributed by atoms with Crippen molar-refractivity contribution < 1.29 is 13.2 Å². The van der Waals surface area contributed by atoms with Gasteiger partial charge in [-0.05, 0) is 50.7 Å². The summed E-state index contributed by atoms with van der Waals surface area (Å²) in [5, 5.41) is -0.0359. The molecule has 0 amide bonds. The van der Waals surface area contributed by atoms with Gasteiger partial charge in [0.15, 0.2) is 0 Å². The second-order valence-electron chi connectivity index (χ2n) is 6.90. The normalized spacial score (nSPS) is 16.8. The van der Waals surface area contributed by atoms with Crippen LogP contribution in [0, 0.1) is 0 Å². The molecule has 2 aromatic rings. The molecular formula is C19H22Cl2F3N3. The molecule has 148 valence electrons. The Bertz CT molecular complexity index is 781. The fraction of sp³-hybridized carbons (Fsp3) is 0.474. The third-order valence-electron chi connectivity index (χ3n) is 4.91. The summed E-state index contributed by atoms with van der Waals surface area (Å²) in [4.78, 5) is 4.69. The van der Waals surface area contributed by atoms with E-state index in [9.17, 15) is 13.2 Å². The highest BCUT2D eigenvalue weighted by atomic mass is 35.5. The molecule has 1 aliphatic rings. The SMILES string of the molecule is CN1CCN(CCCc2cccn2-c2c(Cl)cc(Cl)cc2C(F)(F)F)CC1. The highest BCUT2D eigenvalue weighted by Gasteiger charge is 2.36. The lowest BCUT2D eigenvalue weighted by Gasteiger charge is -2.32. The fourth-order valence-electron chi connectivity index (χ4n) is 3.42. The van der Waals surface area contributed by atoms with Crippen LogP contribution in [0.3, 0.4) is 0 Å². The molecular weight excluding hydrogens is 398 g/mol. The zero-order valence-electron chi connectivity index (χ0n) is 15.1. The Morgan fingerprint density at radius 1 is 1.07 bits per heavy atom. The second kappa shape index (κ2) is 8.43. The Balaban J connectivity index is 1.77. The Labute approximate surface area is 167 Å². The van der Waals surface area contributed by atoms with E-state index >= 15 is 0 Å². The van der Waals surface area contributed by atoms with E-state index in [2.05, 4.69) is 16.8 Å². The van der Waals surface area contributed by atoms with Crippen molar-refractivity contribution in [2.24, 2.45) is 0 Å². The molecule has 0 saturated carbocycles. The molecule has 1 saturated heterocycles. The molecule has 1 aromatic carbocycles. The summed E-state index contributed by atoms with van der Waals surface area (Å²) in [6.45, 7) is 5.08. The number of likely N-dealkylation sites (N-methyl/N-ethyl adjacent to an activating group) is 1. The van der Waals surface area contributed by atoms with E-state index in [1.54, 1.807) is 12.3 Å². The maximum Gasteiger partial charge on any atom is 0.418 e. The minimum atomic E-state index is -4.54. The van der Waals surface area contributed by atoms with Crippen LogP contribution in [-0.4, -0.2) is 54.1 Å². The number of aryl methyl sites for hydroxylation is 1. The van der Waals surface area contributed by atoms with Gasteiger partial charge >= 0.3 is 6.18 Å². The van der Waals surface area contributed by atoms with Gasteiger partial charge in [0.05, 0.1) is 16.3 Å². The van der Waals surface area contributed by atoms with Crippen molar-refractivity contribution in [2.45, 2.75) is 19.0 Å². The molecule has 27 heavy (non-hydrogen) atoms. The number of hydrogen-bond acceptors (Lipinski definition) is 2. The van der Waals surface area contributed by atoms with Crippen molar-refractivity contribution in [1.82, 2.24) is 14.4 Å². The van der Waals surface area contributed by atoms with Crippen LogP contribution >= 0.6 is 23.2 Å². The van der Waals surface area contributed by atoms with E-state index in [-0.39, 0.29) is 15.7 Å². The number of alkyl halides is 3. The minimum absolute atomic E-state index is 0.00802. The van der Waals surface area contributed by atoms with E-state index in [1.165, 1.54) is 10.6 Å². The van der Waals surface area contributed by atoms with Gasteiger partial charge in [-0.2, -0.15) is 13.2 Å². The molecule has 3 nitrogen and oxygen atoms in total. The molecule has 0 unspecified atom stereocenters. The quantitative estimate of drug-likeness (QED) is 0.676. The number of hydrogen-bond donors (Lipinski definition) is 0. The van der Waals surface area contributed by atoms with E-state index in [4.69, 9.17) is 23.2 Å². The average Bonchev–Trinajstić information content (AvgIpc) is 3.03. The van der Waals surface area contributed by atoms with Gasteiger partial charge in [0, 0.05) is 43.1 Å². The van der Waals surface area contributed by atoms with Gasteiger partial charge in [0.1, 0.15) is 0 Å². The summed E-state index contributed by atoms with van der Waals surface area (Å²) in [7, 11) is 2.11. The van der Waals surface area contributed by atoms with Gasteiger partial charge in [0.25, 0.3) is 0 Å². The van der Waals surface area contributed by atoms with Gasteiger partial charge in [0.2, 0.25) is 0 Å². The summed E-state index contributed by atoms with van der Waals surface area (Å²) >= 11 is 12.0. The first kappa shape index (κ1) is 20.5. The van der Waals surface area contributed by atoms with Gasteiger partial charge < -0.3 is 14.4 Å². The molecule has 0 spiro atoms. The third-order valence-corrected chi connectivity index (χ3v) is 5.42. The zero-order chi connectivity index (χ0) is 19.6. The summed E-state index contributed by atoms with van der Waals surface area (Å²) in [6.07, 6.45) is -1.36. The molecule has 0 radical (unpaired) electrons. The minimum Gasteiger partial charge on any atom is -0.319 e. The highest BCUT2D eigenvalue weighted by Crippen LogP contribution is 2.40. The Hall–Kier alpha value is -1.21. The lowest BCUT2D eigenvalue weighted by molar-refractivity contribution is -0.137. The van der Waals surface area contributed by atoms with Crippen molar-refractivity contribution in [1.29, 1.82) is 0 Å². The molecule has 0 atom stereocenters. The highest BCUT2D eigenvalue weighted by molar-refractivity contribution is 6.36. The predicted octanol–water partition coefficient (Wildman–Crippen LogP) is 4.98. The van der Waals surface area contributed by atoms with Crippen LogP contribution in [0.2, 0.25) is 10.0 Å². The number of aromatic nitrogens is 1. The summed E-state index contributed by atoms with van der Waals surface area (Å²) in [5.74, 6) is 0. The number of piperazine rings is 1. The summed E-state index contributed by atoms with van der Waals surface area (Å²) in [5.41, 5.74) is -0.0801. The van der Waals surface area contributed by atoms with Crippen LogP contribution in [0.25, 0.3) is 5.69 Å². The molecule has 0 aliphatic carbocycles. The first-order valence-corrected chi connectivity index (χ1v) is 9.65. The molecule has 3 rings (SSSR count). The maximum absolute atomic E-state index is 13.5. The van der Waals surface area contributed by atoms with Crippen molar-refractivity contribution >= 4 is 23.2 Å². The second-order valence-corrected chi connectivity index (χ2v) is 7.74. The van der Waals surface area contributed by atoms with E-state index in [0.29, 0.717) is 6.42 Å². The van der Waals surface area contributed by atoms with Gasteiger partial charge in [-0.3, -0.25) is 0 Å². The topological polar surface area (TPSA) is 11.4 Å². The average molecular weight is 420 g/mol. The van der Waals surface area contributed by atoms with Gasteiger partial charge in [-0.25, -0.2) is 0 Å². The molecule has 1 aromatic heterocycles. The predicted molar refractivity (Wildman–Crippen MR) is 103 cm³/mol. The first-order valence-electron chi connectivity index (χ1n) is 8.89. The van der Waals surface area contributed by atoms with Crippen LogP contribution in [0.4, 0.5) is 13.2 Å². The molecule has 8 heteroatoms. The number of rotatable bonds is 5. The number of benzene rings is 1. The number of halogens is 5. The third kappa shape index (κ3) is 4.99. The first-order chi connectivity index (χ1) is 12.8. The van der Waals surface area contributed by atoms with Crippen LogP contribution in [0.15, 0.2) is 30.5 Å². The van der Waals surface area contributed by atoms with Gasteiger partial charge in [-0.15, -0.1) is 0 Å². The lowest BCUT2D eigenvalue weighted by atomic mass is 10.1. The van der Waals surface area contributed by atoms with Crippen molar-refractivity contribution in [3.63, 3.8) is 0 Å². The van der Waals surface area contributed by atoms with E-state index < -0.39 is 11.7 Å². The van der Waals surface area contributed by atoms with Crippen LogP contribution in [0.5, 0.6) is 0 Å². The summed E-state index contributed by atoms with van der Waals surface area (Å²) < 4.78 is 42.1. The molecule has 1 fully saturated rings. The van der Waals surface area contributed by atoms with Crippen molar-refractivity contribution in [2.75, 3.05) is 39.8 Å². The van der Waals surface area contributed by atoms with E-state index in [0.717, 1.165) is 50.9 Å². The molecule has 0 bridgehead atoms. The Kier molecular flexibility index (Phi) is 6.41. The van der Waals surface area contributed by atoms with Crippen LogP contribution in [0.1, 0.15) is 17.7 Å². The largest absolute Gasteiger partial charge is 0.418 e. The van der Waals surface area contributed by atoms with Crippen LogP contribution in [-0.2, 0) is 12.6 Å². The number of nitrogens with zero attached hydrogens (tertiary/aromatic N) is 3. The van der Waals surface area contributed by atoms with Crippen LogP contribution < -0.4 is 0 Å². The standard InChI is InChI=1S/C19H22Cl2F3N3/c1-25-8-10-26(11-9-25)6-2-4-15-5-3-7-27(15)18-16(19(22,23)24)12-14(20)13-17(18)21/h3,5,7,12-13H,2,4,6,8-11H2,1H3. The van der Waals surface area contributed by atoms with Crippen molar-refractivity contribution in [3.8, 4) is 5.69 Å². The summed E-state index contributed by atoms with van der Waals surface area (Å²) in [6, 6.07) is 5.86. The zero-order valence-corrected chi connectivity index (χ0v) is 16.6. The maximum atomic E-state index is 13.5. The Morgan fingerprint density at radius 2 is 1.78 bits per heavy atom.